The third kappa shape index (κ3) is 10.6. The molecule has 0 bridgehead atoms. The van der Waals surface area contributed by atoms with E-state index in [-0.39, 0.29) is 6.61 Å². The number of aliphatic imine (C=N–C) groups is 1. The average Bonchev–Trinajstić information content (AvgIpc) is 2.61. The highest BCUT2D eigenvalue weighted by atomic mass is 16.5. The number of primary amides is 1. The SMILES string of the molecule is CN=C(NCCCCCCC(C)C)NCc1cccc(OCC(N)=O)c1. The van der Waals surface area contributed by atoms with E-state index in [9.17, 15) is 4.79 Å². The molecular weight excluding hydrogens is 328 g/mol. The quantitative estimate of drug-likeness (QED) is 0.303. The Morgan fingerprint density at radius 1 is 1.19 bits per heavy atom. The van der Waals surface area contributed by atoms with Gasteiger partial charge in [-0.1, -0.05) is 51.7 Å². The molecule has 146 valence electrons. The monoisotopic (exact) mass is 362 g/mol. The molecule has 4 N–H and O–H groups in total. The Hall–Kier alpha value is -2.24. The van der Waals surface area contributed by atoms with Crippen molar-refractivity contribution in [1.82, 2.24) is 10.6 Å². The Balaban J connectivity index is 2.25. The molecule has 0 aliphatic rings. The molecule has 1 rings (SSSR count). The Morgan fingerprint density at radius 3 is 2.65 bits per heavy atom. The predicted octanol–water partition coefficient (Wildman–Crippen LogP) is 2.82. The summed E-state index contributed by atoms with van der Waals surface area (Å²) >= 11 is 0. The van der Waals surface area contributed by atoms with Crippen LogP contribution in [0.4, 0.5) is 0 Å². The highest BCUT2D eigenvalue weighted by molar-refractivity contribution is 5.79. The lowest BCUT2D eigenvalue weighted by Gasteiger charge is -2.13. The van der Waals surface area contributed by atoms with Crippen molar-refractivity contribution in [3.8, 4) is 5.75 Å². The summed E-state index contributed by atoms with van der Waals surface area (Å²) in [6.45, 7) is 5.98. The first-order valence-electron chi connectivity index (χ1n) is 9.45. The average molecular weight is 363 g/mol. The van der Waals surface area contributed by atoms with Gasteiger partial charge in [-0.3, -0.25) is 9.79 Å². The van der Waals surface area contributed by atoms with Crippen LogP contribution in [0.1, 0.15) is 51.5 Å². The molecule has 26 heavy (non-hydrogen) atoms. The molecule has 1 aromatic carbocycles. The smallest absolute Gasteiger partial charge is 0.255 e. The summed E-state index contributed by atoms with van der Waals surface area (Å²) in [5, 5.41) is 6.63. The van der Waals surface area contributed by atoms with E-state index < -0.39 is 5.91 Å². The summed E-state index contributed by atoms with van der Waals surface area (Å²) in [5.74, 6) is 1.74. The number of nitrogens with one attached hydrogen (secondary N) is 2. The van der Waals surface area contributed by atoms with Gasteiger partial charge in [0.25, 0.3) is 5.91 Å². The standard InChI is InChI=1S/C20H34N4O2/c1-16(2)9-6-4-5-7-12-23-20(22-3)24-14-17-10-8-11-18(13-17)26-15-19(21)25/h8,10-11,13,16H,4-7,9,12,14-15H2,1-3H3,(H2,21,25)(H2,22,23,24). The maximum absolute atomic E-state index is 10.8. The van der Waals surface area contributed by atoms with Crippen molar-refractivity contribution in [1.29, 1.82) is 0 Å². The van der Waals surface area contributed by atoms with Gasteiger partial charge in [0.05, 0.1) is 0 Å². The van der Waals surface area contributed by atoms with Crippen LogP contribution in [0.15, 0.2) is 29.3 Å². The topological polar surface area (TPSA) is 88.7 Å². The van der Waals surface area contributed by atoms with E-state index in [0.29, 0.717) is 12.3 Å². The van der Waals surface area contributed by atoms with Gasteiger partial charge < -0.3 is 21.1 Å². The summed E-state index contributed by atoms with van der Waals surface area (Å²) in [6, 6.07) is 7.57. The first kappa shape index (κ1) is 21.8. The zero-order chi connectivity index (χ0) is 19.2. The minimum atomic E-state index is -0.484. The summed E-state index contributed by atoms with van der Waals surface area (Å²) in [5.41, 5.74) is 6.14. The molecule has 0 unspecified atom stereocenters. The molecule has 6 nitrogen and oxygen atoms in total. The maximum Gasteiger partial charge on any atom is 0.255 e. The number of unbranched alkanes of at least 4 members (excludes halogenated alkanes) is 3. The van der Waals surface area contributed by atoms with E-state index in [1.165, 1.54) is 25.7 Å². The molecule has 0 aliphatic heterocycles. The number of carbonyl (C=O) groups excluding carboxylic acids is 1. The van der Waals surface area contributed by atoms with Crippen molar-refractivity contribution in [2.45, 2.75) is 52.5 Å². The van der Waals surface area contributed by atoms with Gasteiger partial charge in [0.1, 0.15) is 5.75 Å². The predicted molar refractivity (Wildman–Crippen MR) is 107 cm³/mol. The number of hydrogen-bond donors (Lipinski definition) is 3. The zero-order valence-corrected chi connectivity index (χ0v) is 16.4. The van der Waals surface area contributed by atoms with Gasteiger partial charge in [-0.15, -0.1) is 0 Å². The molecule has 6 heteroatoms. The fourth-order valence-electron chi connectivity index (χ4n) is 2.54. The molecule has 0 aliphatic carbocycles. The van der Waals surface area contributed by atoms with Gasteiger partial charge in [0, 0.05) is 20.1 Å². The number of nitrogens with two attached hydrogens (primary N) is 1. The molecule has 0 saturated carbocycles. The van der Waals surface area contributed by atoms with Crippen LogP contribution < -0.4 is 21.1 Å². The van der Waals surface area contributed by atoms with Gasteiger partial charge in [-0.05, 0) is 30.0 Å². The van der Waals surface area contributed by atoms with Crippen LogP contribution in [-0.2, 0) is 11.3 Å². The number of hydrogen-bond acceptors (Lipinski definition) is 3. The molecule has 0 aromatic heterocycles. The lowest BCUT2D eigenvalue weighted by atomic mass is 10.0. The van der Waals surface area contributed by atoms with Crippen LogP contribution in [0.2, 0.25) is 0 Å². The van der Waals surface area contributed by atoms with Crippen LogP contribution in [0.5, 0.6) is 5.75 Å². The molecule has 1 amide bonds. The van der Waals surface area contributed by atoms with Gasteiger partial charge in [0.15, 0.2) is 12.6 Å². The first-order valence-corrected chi connectivity index (χ1v) is 9.45. The van der Waals surface area contributed by atoms with Crippen LogP contribution >= 0.6 is 0 Å². The van der Waals surface area contributed by atoms with E-state index in [1.807, 2.05) is 18.2 Å². The van der Waals surface area contributed by atoms with Gasteiger partial charge >= 0.3 is 0 Å². The number of benzene rings is 1. The van der Waals surface area contributed by atoms with Crippen LogP contribution in [0.25, 0.3) is 0 Å². The Labute approximate surface area is 157 Å². The number of guanidine groups is 1. The van der Waals surface area contributed by atoms with Crippen molar-refractivity contribution in [2.24, 2.45) is 16.6 Å². The molecule has 0 saturated heterocycles. The minimum Gasteiger partial charge on any atom is -0.484 e. The van der Waals surface area contributed by atoms with Gasteiger partial charge in [0.2, 0.25) is 0 Å². The van der Waals surface area contributed by atoms with Crippen LogP contribution in [-0.4, -0.2) is 32.1 Å². The van der Waals surface area contributed by atoms with E-state index >= 15 is 0 Å². The van der Waals surface area contributed by atoms with E-state index in [1.54, 1.807) is 13.1 Å². The van der Waals surface area contributed by atoms with E-state index in [4.69, 9.17) is 10.5 Å². The normalized spacial score (nSPS) is 11.5. The lowest BCUT2D eigenvalue weighted by Crippen LogP contribution is -2.37. The molecule has 0 spiro atoms. The van der Waals surface area contributed by atoms with Crippen molar-refractivity contribution in [3.05, 3.63) is 29.8 Å². The van der Waals surface area contributed by atoms with Gasteiger partial charge in [-0.25, -0.2) is 0 Å². The van der Waals surface area contributed by atoms with Crippen molar-refractivity contribution >= 4 is 11.9 Å². The summed E-state index contributed by atoms with van der Waals surface area (Å²) in [6.07, 6.45) is 6.33. The fraction of sp³-hybridized carbons (Fsp3) is 0.600. The van der Waals surface area contributed by atoms with Crippen molar-refractivity contribution < 1.29 is 9.53 Å². The first-order chi connectivity index (χ1) is 12.5. The molecule has 1 aromatic rings. The van der Waals surface area contributed by atoms with Gasteiger partial charge in [-0.2, -0.15) is 0 Å². The molecule has 0 atom stereocenters. The molecular formula is C20H34N4O2. The van der Waals surface area contributed by atoms with E-state index in [0.717, 1.165) is 30.4 Å². The summed E-state index contributed by atoms with van der Waals surface area (Å²) < 4.78 is 5.32. The Kier molecular flexibility index (Phi) is 10.9. The number of carbonyl (C=O) groups is 1. The summed E-state index contributed by atoms with van der Waals surface area (Å²) in [7, 11) is 1.77. The highest BCUT2D eigenvalue weighted by Gasteiger charge is 2.02. The largest absolute Gasteiger partial charge is 0.484 e. The maximum atomic E-state index is 10.8. The minimum absolute atomic E-state index is 0.114. The molecule has 0 fully saturated rings. The fourth-order valence-corrected chi connectivity index (χ4v) is 2.54. The second-order valence-electron chi connectivity index (χ2n) is 6.85. The number of amides is 1. The Bertz CT molecular complexity index is 558. The lowest BCUT2D eigenvalue weighted by molar-refractivity contribution is -0.119. The number of rotatable bonds is 12. The number of nitrogens with zero attached hydrogens (tertiary/aromatic N) is 1. The zero-order valence-electron chi connectivity index (χ0n) is 16.4. The third-order valence-corrected chi connectivity index (χ3v) is 3.96. The van der Waals surface area contributed by atoms with E-state index in [2.05, 4.69) is 29.5 Å². The Morgan fingerprint density at radius 2 is 1.96 bits per heavy atom. The second kappa shape index (κ2) is 13.0. The second-order valence-corrected chi connectivity index (χ2v) is 6.85. The van der Waals surface area contributed by atoms with Crippen molar-refractivity contribution in [2.75, 3.05) is 20.2 Å². The highest BCUT2D eigenvalue weighted by Crippen LogP contribution is 2.13. The number of ether oxygens (including phenoxy) is 1. The van der Waals surface area contributed by atoms with Crippen LogP contribution in [0.3, 0.4) is 0 Å². The van der Waals surface area contributed by atoms with Crippen LogP contribution in [0, 0.1) is 5.92 Å². The third-order valence-electron chi connectivity index (χ3n) is 3.96. The van der Waals surface area contributed by atoms with Crippen molar-refractivity contribution in [3.63, 3.8) is 0 Å². The summed E-state index contributed by atoms with van der Waals surface area (Å²) in [4.78, 5) is 15.0. The molecule has 0 radical (unpaired) electrons. The molecule has 0 heterocycles.